The van der Waals surface area contributed by atoms with E-state index in [-0.39, 0.29) is 36.1 Å². The van der Waals surface area contributed by atoms with Crippen LogP contribution in [0.4, 0.5) is 5.69 Å². The van der Waals surface area contributed by atoms with Crippen LogP contribution in [0.15, 0.2) is 48.7 Å². The normalized spacial score (nSPS) is 22.9. The fraction of sp³-hybridized carbons (Fsp3) is 0.429. The number of nitrogens with one attached hydrogen (secondary N) is 2. The highest BCUT2D eigenvalue weighted by molar-refractivity contribution is 5.96. The van der Waals surface area contributed by atoms with Crippen LogP contribution in [0.3, 0.4) is 0 Å². The van der Waals surface area contributed by atoms with Crippen molar-refractivity contribution in [2.45, 2.75) is 32.3 Å². The predicted molar refractivity (Wildman–Crippen MR) is 115 cm³/mol. The number of rotatable bonds is 5. The Morgan fingerprint density at radius 2 is 2.11 bits per heavy atom. The smallest absolute Gasteiger partial charge is 0.232 e. The van der Waals surface area contributed by atoms with Crippen LogP contribution >= 0.6 is 24.8 Å². The first-order chi connectivity index (χ1) is 12.8. The van der Waals surface area contributed by atoms with E-state index in [2.05, 4.69) is 15.6 Å². The first-order valence-corrected chi connectivity index (χ1v) is 9.41. The van der Waals surface area contributed by atoms with E-state index in [1.54, 1.807) is 6.20 Å². The van der Waals surface area contributed by atoms with Gasteiger partial charge in [0.25, 0.3) is 0 Å². The molecule has 28 heavy (non-hydrogen) atoms. The summed E-state index contributed by atoms with van der Waals surface area (Å²) in [6.07, 6.45) is 6.25. The van der Waals surface area contributed by atoms with Crippen LogP contribution in [0.25, 0.3) is 0 Å². The number of anilines is 1. The summed E-state index contributed by atoms with van der Waals surface area (Å²) in [5.74, 6) is 1.34. The minimum absolute atomic E-state index is 0. The van der Waals surface area contributed by atoms with Crippen molar-refractivity contribution in [1.82, 2.24) is 10.3 Å². The summed E-state index contributed by atoms with van der Waals surface area (Å²) in [7, 11) is 0. The third-order valence-electron chi connectivity index (χ3n) is 5.70. The molecule has 0 bridgehead atoms. The molecule has 1 aromatic heterocycles. The summed E-state index contributed by atoms with van der Waals surface area (Å²) < 4.78 is 5.82. The molecule has 1 aliphatic heterocycles. The van der Waals surface area contributed by atoms with E-state index in [1.807, 2.05) is 42.5 Å². The molecule has 1 amide bonds. The molecule has 2 atom stereocenters. The van der Waals surface area contributed by atoms with E-state index in [0.717, 1.165) is 49.5 Å². The summed E-state index contributed by atoms with van der Waals surface area (Å²) in [6, 6.07) is 13.4. The molecular formula is C21H27Cl2N3O2. The van der Waals surface area contributed by atoms with Crippen molar-refractivity contribution < 1.29 is 9.53 Å². The quantitative estimate of drug-likeness (QED) is 0.755. The van der Waals surface area contributed by atoms with Crippen LogP contribution in [0.2, 0.25) is 0 Å². The Morgan fingerprint density at radius 3 is 2.93 bits per heavy atom. The predicted octanol–water partition coefficient (Wildman–Crippen LogP) is 4.22. The molecule has 2 fully saturated rings. The molecule has 2 aliphatic rings. The Labute approximate surface area is 178 Å². The third kappa shape index (κ3) is 4.77. The van der Waals surface area contributed by atoms with Crippen molar-refractivity contribution in [2.24, 2.45) is 11.3 Å². The van der Waals surface area contributed by atoms with E-state index in [9.17, 15) is 4.79 Å². The van der Waals surface area contributed by atoms with Gasteiger partial charge in [-0.3, -0.25) is 9.78 Å². The molecule has 1 aliphatic carbocycles. The highest BCUT2D eigenvalue weighted by atomic mass is 35.5. The van der Waals surface area contributed by atoms with Crippen LogP contribution < -0.4 is 15.4 Å². The minimum atomic E-state index is -0.247. The number of hydrogen-bond acceptors (Lipinski definition) is 4. The Morgan fingerprint density at radius 1 is 1.21 bits per heavy atom. The standard InChI is InChI=1S/C21H25N3O2.2ClH/c25-20(21-10-3-1-6-16(21)13-22-15-21)24-17-8-5-9-19(12-17)26-14-18-7-2-4-11-23-18;;/h2,4-5,7-9,11-12,16,22H,1,3,6,10,13-15H2,(H,24,25);2*1H/t16-,21+;;/m0../s1. The molecule has 2 heterocycles. The molecule has 7 heteroatoms. The van der Waals surface area contributed by atoms with Crippen molar-refractivity contribution >= 4 is 36.4 Å². The number of ether oxygens (including phenoxy) is 1. The first kappa shape index (κ1) is 22.5. The van der Waals surface area contributed by atoms with E-state index in [4.69, 9.17) is 4.74 Å². The number of carbonyl (C=O) groups excluding carboxylic acids is 1. The molecule has 2 aromatic rings. The fourth-order valence-electron chi connectivity index (χ4n) is 4.25. The van der Waals surface area contributed by atoms with Crippen molar-refractivity contribution in [3.63, 3.8) is 0 Å². The van der Waals surface area contributed by atoms with E-state index in [0.29, 0.717) is 12.5 Å². The average Bonchev–Trinajstić information content (AvgIpc) is 3.13. The van der Waals surface area contributed by atoms with Gasteiger partial charge in [-0.2, -0.15) is 0 Å². The molecule has 0 spiro atoms. The molecule has 0 unspecified atom stereocenters. The molecule has 1 aromatic carbocycles. The largest absolute Gasteiger partial charge is 0.487 e. The Balaban J connectivity index is 0.00000140. The lowest BCUT2D eigenvalue weighted by molar-refractivity contribution is -0.128. The number of benzene rings is 1. The topological polar surface area (TPSA) is 63.2 Å². The van der Waals surface area contributed by atoms with Gasteiger partial charge in [0, 0.05) is 24.5 Å². The maximum atomic E-state index is 13.1. The van der Waals surface area contributed by atoms with Gasteiger partial charge in [0.2, 0.25) is 5.91 Å². The molecule has 1 saturated heterocycles. The molecular weight excluding hydrogens is 397 g/mol. The van der Waals surface area contributed by atoms with Crippen molar-refractivity contribution in [3.05, 3.63) is 54.4 Å². The highest BCUT2D eigenvalue weighted by Crippen LogP contribution is 2.44. The number of pyridine rings is 1. The van der Waals surface area contributed by atoms with Gasteiger partial charge in [0.05, 0.1) is 11.1 Å². The first-order valence-electron chi connectivity index (χ1n) is 9.41. The van der Waals surface area contributed by atoms with Gasteiger partial charge in [-0.1, -0.05) is 25.0 Å². The SMILES string of the molecule is Cl.Cl.O=C(Nc1cccc(OCc2ccccn2)c1)[C@@]12CCCC[C@H]1CNC2. The molecule has 1 saturated carbocycles. The average molecular weight is 424 g/mol. The molecule has 4 rings (SSSR count). The number of carbonyl (C=O) groups is 1. The number of halogens is 2. The zero-order valence-electron chi connectivity index (χ0n) is 15.7. The van der Waals surface area contributed by atoms with Gasteiger partial charge in [-0.25, -0.2) is 0 Å². The summed E-state index contributed by atoms with van der Waals surface area (Å²) in [4.78, 5) is 17.3. The maximum Gasteiger partial charge on any atom is 0.232 e. The molecule has 5 nitrogen and oxygen atoms in total. The summed E-state index contributed by atoms with van der Waals surface area (Å²) in [5.41, 5.74) is 1.42. The van der Waals surface area contributed by atoms with Crippen LogP contribution in [0, 0.1) is 11.3 Å². The fourth-order valence-corrected chi connectivity index (χ4v) is 4.25. The van der Waals surface area contributed by atoms with Crippen LogP contribution in [-0.2, 0) is 11.4 Å². The second-order valence-corrected chi connectivity index (χ2v) is 7.32. The maximum absolute atomic E-state index is 13.1. The summed E-state index contributed by atoms with van der Waals surface area (Å²) >= 11 is 0. The zero-order valence-corrected chi connectivity index (χ0v) is 17.4. The van der Waals surface area contributed by atoms with Gasteiger partial charge in [0.15, 0.2) is 0 Å². The molecule has 152 valence electrons. The van der Waals surface area contributed by atoms with Gasteiger partial charge in [0.1, 0.15) is 12.4 Å². The van der Waals surface area contributed by atoms with Crippen molar-refractivity contribution in [3.8, 4) is 5.75 Å². The van der Waals surface area contributed by atoms with Gasteiger partial charge >= 0.3 is 0 Å². The van der Waals surface area contributed by atoms with Gasteiger partial charge < -0.3 is 15.4 Å². The number of nitrogens with zero attached hydrogens (tertiary/aromatic N) is 1. The lowest BCUT2D eigenvalue weighted by atomic mass is 9.67. The van der Waals surface area contributed by atoms with E-state index < -0.39 is 0 Å². The Hall–Kier alpha value is -1.82. The van der Waals surface area contributed by atoms with E-state index in [1.165, 1.54) is 6.42 Å². The molecule has 0 radical (unpaired) electrons. The second-order valence-electron chi connectivity index (χ2n) is 7.32. The van der Waals surface area contributed by atoms with Crippen molar-refractivity contribution in [2.75, 3.05) is 18.4 Å². The number of hydrogen-bond donors (Lipinski definition) is 2. The van der Waals surface area contributed by atoms with E-state index >= 15 is 0 Å². The van der Waals surface area contributed by atoms with Gasteiger partial charge in [-0.15, -0.1) is 24.8 Å². The minimum Gasteiger partial charge on any atom is -0.487 e. The van der Waals surface area contributed by atoms with Gasteiger partial charge in [-0.05, 0) is 49.6 Å². The van der Waals surface area contributed by atoms with Crippen LogP contribution in [0.1, 0.15) is 31.4 Å². The Bertz CT molecular complexity index is 775. The second kappa shape index (κ2) is 10.1. The van der Waals surface area contributed by atoms with Crippen LogP contribution in [0.5, 0.6) is 5.75 Å². The van der Waals surface area contributed by atoms with Crippen LogP contribution in [-0.4, -0.2) is 24.0 Å². The lowest BCUT2D eigenvalue weighted by Crippen LogP contribution is -2.44. The monoisotopic (exact) mass is 423 g/mol. The number of aromatic nitrogens is 1. The lowest BCUT2D eigenvalue weighted by Gasteiger charge is -2.37. The highest BCUT2D eigenvalue weighted by Gasteiger charge is 2.49. The van der Waals surface area contributed by atoms with Crippen molar-refractivity contribution in [1.29, 1.82) is 0 Å². The third-order valence-corrected chi connectivity index (χ3v) is 5.70. The Kier molecular flexibility index (Phi) is 8.10. The summed E-state index contributed by atoms with van der Waals surface area (Å²) in [5, 5.41) is 6.57. The number of amides is 1. The number of fused-ring (bicyclic) bond motifs is 1. The summed E-state index contributed by atoms with van der Waals surface area (Å²) in [6.45, 7) is 2.16. The zero-order chi connectivity index (χ0) is 17.8. The molecule has 2 N–H and O–H groups in total.